The van der Waals surface area contributed by atoms with Crippen LogP contribution in [0, 0.1) is 10.1 Å². The number of nitro benzene ring substituents is 1. The molecule has 0 aliphatic heterocycles. The third-order valence-corrected chi connectivity index (χ3v) is 3.60. The first-order chi connectivity index (χ1) is 11.5. The van der Waals surface area contributed by atoms with E-state index < -0.39 is 29.2 Å². The van der Waals surface area contributed by atoms with Crippen LogP contribution in [0.2, 0.25) is 5.02 Å². The molecular formula is C14H10ClF4N3O3. The van der Waals surface area contributed by atoms with Crippen LogP contribution in [0.5, 0.6) is 0 Å². The fraction of sp³-hybridized carbons (Fsp3) is 0.214. The Hall–Kier alpha value is -2.62. The predicted molar refractivity (Wildman–Crippen MR) is 82.0 cm³/mol. The Morgan fingerprint density at radius 1 is 1.32 bits per heavy atom. The molecule has 0 radical (unpaired) electrons. The van der Waals surface area contributed by atoms with E-state index in [1.54, 1.807) is 0 Å². The van der Waals surface area contributed by atoms with E-state index >= 15 is 0 Å². The number of rotatable bonds is 3. The third-order valence-electron chi connectivity index (χ3n) is 3.29. The summed E-state index contributed by atoms with van der Waals surface area (Å²) in [4.78, 5) is 21.7. The van der Waals surface area contributed by atoms with Crippen LogP contribution in [-0.4, -0.2) is 22.8 Å². The van der Waals surface area contributed by atoms with Crippen molar-refractivity contribution in [2.75, 3.05) is 5.32 Å². The molecule has 0 spiro atoms. The second-order valence-corrected chi connectivity index (χ2v) is 5.46. The van der Waals surface area contributed by atoms with Crippen LogP contribution in [0.25, 0.3) is 0 Å². The van der Waals surface area contributed by atoms with E-state index in [0.717, 1.165) is 24.3 Å². The summed E-state index contributed by atoms with van der Waals surface area (Å²) < 4.78 is 51.2. The van der Waals surface area contributed by atoms with Gasteiger partial charge in [-0.05, 0) is 18.2 Å². The zero-order chi connectivity index (χ0) is 18.8. The number of nitrogens with zero attached hydrogens (tertiary/aromatic N) is 1. The maximum Gasteiger partial charge on any atom is 0.426 e. The average Bonchev–Trinajstić information content (AvgIpc) is 2.50. The highest BCUT2D eigenvalue weighted by Gasteiger charge is 2.54. The lowest BCUT2D eigenvalue weighted by Gasteiger charge is -2.26. The quantitative estimate of drug-likeness (QED) is 0.461. The number of urea groups is 1. The summed E-state index contributed by atoms with van der Waals surface area (Å²) in [5.41, 5.74) is -3.73. The van der Waals surface area contributed by atoms with Gasteiger partial charge in [0.25, 0.3) is 5.69 Å². The van der Waals surface area contributed by atoms with Crippen molar-refractivity contribution in [3.05, 3.63) is 57.3 Å². The first kappa shape index (κ1) is 18.7. The molecule has 134 valence electrons. The molecular weight excluding hydrogens is 370 g/mol. The van der Waals surface area contributed by atoms with Crippen LogP contribution in [0.1, 0.15) is 6.42 Å². The summed E-state index contributed by atoms with van der Waals surface area (Å²) in [5, 5.41) is 15.0. The number of nitrogens with one attached hydrogen (secondary N) is 2. The van der Waals surface area contributed by atoms with Gasteiger partial charge in [-0.25, -0.2) is 9.18 Å². The largest absolute Gasteiger partial charge is 0.426 e. The zero-order valence-corrected chi connectivity index (χ0v) is 13.0. The Bertz CT molecular complexity index is 779. The topological polar surface area (TPSA) is 84.3 Å². The van der Waals surface area contributed by atoms with Crippen molar-refractivity contribution < 1.29 is 27.3 Å². The van der Waals surface area contributed by atoms with Gasteiger partial charge in [-0.2, -0.15) is 13.2 Å². The molecule has 0 bridgehead atoms. The van der Waals surface area contributed by atoms with E-state index in [9.17, 15) is 32.5 Å². The molecule has 2 N–H and O–H groups in total. The number of hydrogen-bond donors (Lipinski definition) is 2. The second-order valence-electron chi connectivity index (χ2n) is 5.06. The van der Waals surface area contributed by atoms with Crippen LogP contribution >= 0.6 is 11.6 Å². The number of benzene rings is 1. The van der Waals surface area contributed by atoms with E-state index in [0.29, 0.717) is 6.08 Å². The number of nitro groups is 1. The fourth-order valence-electron chi connectivity index (χ4n) is 1.92. The lowest BCUT2D eigenvalue weighted by atomic mass is 9.95. The first-order valence-corrected chi connectivity index (χ1v) is 7.06. The molecule has 2 amide bonds. The van der Waals surface area contributed by atoms with E-state index in [-0.39, 0.29) is 22.1 Å². The molecule has 25 heavy (non-hydrogen) atoms. The summed E-state index contributed by atoms with van der Waals surface area (Å²) in [7, 11) is 0. The standard InChI is InChI=1S/C14H10ClF4N3O3/c15-10-7-9(22(24)25)1-2-11(10)21-12(23)20-8-3-5-13(16,6-4-8)14(17,18)19/h1-5,7H,6H2,(H2,20,21,23). The molecule has 0 saturated carbocycles. The lowest BCUT2D eigenvalue weighted by molar-refractivity contribution is -0.384. The number of hydrogen-bond acceptors (Lipinski definition) is 3. The van der Waals surface area contributed by atoms with Gasteiger partial charge in [0.1, 0.15) is 0 Å². The number of alkyl halides is 4. The minimum atomic E-state index is -5.06. The first-order valence-electron chi connectivity index (χ1n) is 6.69. The molecule has 0 fully saturated rings. The highest BCUT2D eigenvalue weighted by molar-refractivity contribution is 6.33. The van der Waals surface area contributed by atoms with Crippen LogP contribution in [0.15, 0.2) is 42.1 Å². The number of amides is 2. The van der Waals surface area contributed by atoms with Crippen molar-refractivity contribution in [1.29, 1.82) is 0 Å². The van der Waals surface area contributed by atoms with Gasteiger partial charge in [0.15, 0.2) is 0 Å². The molecule has 0 aromatic heterocycles. The molecule has 0 heterocycles. The summed E-state index contributed by atoms with van der Waals surface area (Å²) in [5.74, 6) is 0. The second kappa shape index (κ2) is 6.71. The Kier molecular flexibility index (Phi) is 5.02. The maximum atomic E-state index is 13.6. The smallest absolute Gasteiger partial charge is 0.308 e. The molecule has 0 saturated heterocycles. The van der Waals surface area contributed by atoms with Crippen LogP contribution in [-0.2, 0) is 0 Å². The minimum absolute atomic E-state index is 0.0342. The van der Waals surface area contributed by atoms with E-state index in [1.807, 2.05) is 0 Å². The number of allylic oxidation sites excluding steroid dienone is 3. The summed E-state index contributed by atoms with van der Waals surface area (Å²) in [6.07, 6.45) is -4.01. The van der Waals surface area contributed by atoms with Crippen molar-refractivity contribution in [3.63, 3.8) is 0 Å². The van der Waals surface area contributed by atoms with Gasteiger partial charge < -0.3 is 10.6 Å². The zero-order valence-electron chi connectivity index (χ0n) is 12.2. The van der Waals surface area contributed by atoms with Gasteiger partial charge in [-0.1, -0.05) is 17.7 Å². The molecule has 11 heteroatoms. The highest BCUT2D eigenvalue weighted by Crippen LogP contribution is 2.40. The van der Waals surface area contributed by atoms with Crippen molar-refractivity contribution in [2.24, 2.45) is 0 Å². The van der Waals surface area contributed by atoms with Crippen molar-refractivity contribution in [2.45, 2.75) is 18.3 Å². The number of carbonyl (C=O) groups excluding carboxylic acids is 1. The minimum Gasteiger partial charge on any atom is -0.308 e. The Labute approximate surface area is 143 Å². The van der Waals surface area contributed by atoms with Crippen molar-refractivity contribution >= 4 is 29.0 Å². The molecule has 1 aliphatic rings. The molecule has 1 aliphatic carbocycles. The molecule has 1 aromatic rings. The summed E-state index contributed by atoms with van der Waals surface area (Å²) in [6.45, 7) is 0. The number of non-ortho nitro benzene ring substituents is 1. The molecule has 1 aromatic carbocycles. The maximum absolute atomic E-state index is 13.6. The SMILES string of the molecule is O=C(NC1=CCC(F)(C(F)(F)F)C=C1)Nc1ccc([N+](=O)[O-])cc1Cl. The fourth-order valence-corrected chi connectivity index (χ4v) is 2.15. The third kappa shape index (κ3) is 4.27. The highest BCUT2D eigenvalue weighted by atomic mass is 35.5. The molecule has 1 unspecified atom stereocenters. The van der Waals surface area contributed by atoms with Gasteiger partial charge in [-0.3, -0.25) is 10.1 Å². The number of anilines is 1. The molecule has 6 nitrogen and oxygen atoms in total. The van der Waals surface area contributed by atoms with E-state index in [2.05, 4.69) is 10.6 Å². The van der Waals surface area contributed by atoms with Crippen LogP contribution in [0.3, 0.4) is 0 Å². The lowest BCUT2D eigenvalue weighted by Crippen LogP contribution is -2.40. The van der Waals surface area contributed by atoms with Crippen LogP contribution in [0.4, 0.5) is 33.7 Å². The average molecular weight is 380 g/mol. The van der Waals surface area contributed by atoms with Gasteiger partial charge in [0.05, 0.1) is 15.6 Å². The Balaban J connectivity index is 2.01. The number of halogens is 5. The Morgan fingerprint density at radius 2 is 2.00 bits per heavy atom. The van der Waals surface area contributed by atoms with Gasteiger partial charge in [0, 0.05) is 24.3 Å². The summed E-state index contributed by atoms with van der Waals surface area (Å²) >= 11 is 5.80. The van der Waals surface area contributed by atoms with Crippen molar-refractivity contribution in [3.8, 4) is 0 Å². The molecule has 1 atom stereocenters. The van der Waals surface area contributed by atoms with Gasteiger partial charge >= 0.3 is 12.2 Å². The number of carbonyl (C=O) groups is 1. The summed E-state index contributed by atoms with van der Waals surface area (Å²) in [6, 6.07) is 2.48. The molecule has 2 rings (SSSR count). The van der Waals surface area contributed by atoms with E-state index in [1.165, 1.54) is 6.07 Å². The normalized spacial score (nSPS) is 20.0. The Morgan fingerprint density at radius 3 is 2.48 bits per heavy atom. The van der Waals surface area contributed by atoms with Crippen molar-refractivity contribution in [1.82, 2.24) is 5.32 Å². The predicted octanol–water partition coefficient (Wildman–Crippen LogP) is 4.48. The van der Waals surface area contributed by atoms with Gasteiger partial charge in [0.2, 0.25) is 5.67 Å². The van der Waals surface area contributed by atoms with Crippen LogP contribution < -0.4 is 10.6 Å². The monoisotopic (exact) mass is 379 g/mol. The van der Waals surface area contributed by atoms with E-state index in [4.69, 9.17) is 11.6 Å². The van der Waals surface area contributed by atoms with Gasteiger partial charge in [-0.15, -0.1) is 0 Å².